The molecule has 4 heteroatoms. The van der Waals surface area contributed by atoms with Crippen molar-refractivity contribution in [3.63, 3.8) is 0 Å². The highest BCUT2D eigenvalue weighted by Gasteiger charge is 1.94. The van der Waals surface area contributed by atoms with Crippen molar-refractivity contribution in [1.29, 1.82) is 0 Å². The first-order chi connectivity index (χ1) is 10.9. The van der Waals surface area contributed by atoms with Crippen LogP contribution in [0.25, 0.3) is 0 Å². The van der Waals surface area contributed by atoms with E-state index in [0.717, 1.165) is 37.7 Å². The molecule has 0 radical (unpaired) electrons. The summed E-state index contributed by atoms with van der Waals surface area (Å²) in [4.78, 5) is 2.70. The summed E-state index contributed by atoms with van der Waals surface area (Å²) in [5.74, 6) is 2.24. The molecule has 0 saturated carbocycles. The van der Waals surface area contributed by atoms with Crippen molar-refractivity contribution in [2.45, 2.75) is 9.79 Å². The van der Waals surface area contributed by atoms with E-state index in [2.05, 4.69) is 71.3 Å². The predicted octanol–water partition coefficient (Wildman–Crippen LogP) is 3.75. The van der Waals surface area contributed by atoms with Crippen LogP contribution in [-0.4, -0.2) is 37.7 Å². The van der Waals surface area contributed by atoms with Crippen LogP contribution < -0.4 is 10.6 Å². The SMILES string of the molecule is c1ccc(SCCNCCNCCSc2ccccc2)cc1. The molecule has 0 saturated heterocycles. The van der Waals surface area contributed by atoms with Gasteiger partial charge in [-0.15, -0.1) is 23.5 Å². The maximum absolute atomic E-state index is 3.47. The van der Waals surface area contributed by atoms with Crippen molar-refractivity contribution in [2.24, 2.45) is 0 Å². The number of benzene rings is 2. The van der Waals surface area contributed by atoms with Crippen LogP contribution in [-0.2, 0) is 0 Å². The Morgan fingerprint density at radius 2 is 0.955 bits per heavy atom. The van der Waals surface area contributed by atoms with E-state index in [4.69, 9.17) is 0 Å². The van der Waals surface area contributed by atoms with Crippen molar-refractivity contribution >= 4 is 23.5 Å². The van der Waals surface area contributed by atoms with Crippen LogP contribution in [0.5, 0.6) is 0 Å². The topological polar surface area (TPSA) is 24.1 Å². The number of thioether (sulfide) groups is 2. The maximum atomic E-state index is 3.47. The van der Waals surface area contributed by atoms with Crippen LogP contribution in [0.1, 0.15) is 0 Å². The molecule has 0 amide bonds. The van der Waals surface area contributed by atoms with Gasteiger partial charge in [-0.25, -0.2) is 0 Å². The molecule has 0 unspecified atom stereocenters. The zero-order valence-corrected chi connectivity index (χ0v) is 14.5. The molecule has 2 aromatic rings. The zero-order valence-electron chi connectivity index (χ0n) is 12.8. The normalized spacial score (nSPS) is 10.7. The second-order valence-corrected chi connectivity index (χ2v) is 7.16. The smallest absolute Gasteiger partial charge is 0.0106 e. The summed E-state index contributed by atoms with van der Waals surface area (Å²) < 4.78 is 0. The first-order valence-electron chi connectivity index (χ1n) is 7.72. The molecule has 0 fully saturated rings. The molecule has 0 bridgehead atoms. The predicted molar refractivity (Wildman–Crippen MR) is 100 cm³/mol. The van der Waals surface area contributed by atoms with Gasteiger partial charge in [-0.1, -0.05) is 36.4 Å². The first kappa shape index (κ1) is 17.4. The van der Waals surface area contributed by atoms with E-state index in [-0.39, 0.29) is 0 Å². The Morgan fingerprint density at radius 3 is 1.36 bits per heavy atom. The van der Waals surface area contributed by atoms with E-state index in [1.54, 1.807) is 0 Å². The van der Waals surface area contributed by atoms with Gasteiger partial charge < -0.3 is 10.6 Å². The Balaban J connectivity index is 1.37. The lowest BCUT2D eigenvalue weighted by molar-refractivity contribution is 0.645. The van der Waals surface area contributed by atoms with E-state index in [9.17, 15) is 0 Å². The highest BCUT2D eigenvalue weighted by atomic mass is 32.2. The molecular formula is C18H24N2S2. The molecule has 0 aliphatic rings. The van der Waals surface area contributed by atoms with Crippen molar-refractivity contribution in [2.75, 3.05) is 37.7 Å². The highest BCUT2D eigenvalue weighted by molar-refractivity contribution is 7.99. The van der Waals surface area contributed by atoms with Gasteiger partial charge in [0, 0.05) is 47.5 Å². The molecule has 0 aliphatic carbocycles. The van der Waals surface area contributed by atoms with Crippen molar-refractivity contribution in [1.82, 2.24) is 10.6 Å². The van der Waals surface area contributed by atoms with Gasteiger partial charge in [0.25, 0.3) is 0 Å². The van der Waals surface area contributed by atoms with Gasteiger partial charge in [-0.2, -0.15) is 0 Å². The number of rotatable bonds is 11. The molecule has 22 heavy (non-hydrogen) atoms. The molecule has 0 spiro atoms. The zero-order chi connectivity index (χ0) is 15.3. The Hall–Kier alpha value is -0.940. The largest absolute Gasteiger partial charge is 0.315 e. The Kier molecular flexibility index (Phi) is 9.19. The summed E-state index contributed by atoms with van der Waals surface area (Å²) in [7, 11) is 0. The quantitative estimate of drug-likeness (QED) is 0.483. The minimum atomic E-state index is 1.03. The molecule has 0 aliphatic heterocycles. The average Bonchev–Trinajstić information content (AvgIpc) is 2.58. The summed E-state index contributed by atoms with van der Waals surface area (Å²) in [5, 5.41) is 6.95. The fourth-order valence-electron chi connectivity index (χ4n) is 1.94. The summed E-state index contributed by atoms with van der Waals surface area (Å²) >= 11 is 3.81. The number of hydrogen-bond donors (Lipinski definition) is 2. The number of nitrogens with one attached hydrogen (secondary N) is 2. The molecule has 0 aromatic heterocycles. The third kappa shape index (κ3) is 7.90. The molecule has 2 rings (SSSR count). The third-order valence-corrected chi connectivity index (χ3v) is 5.09. The minimum absolute atomic E-state index is 1.03. The van der Waals surface area contributed by atoms with Gasteiger partial charge in [0.05, 0.1) is 0 Å². The van der Waals surface area contributed by atoms with Gasteiger partial charge in [0.2, 0.25) is 0 Å². The van der Waals surface area contributed by atoms with E-state index in [0.29, 0.717) is 0 Å². The lowest BCUT2D eigenvalue weighted by atomic mass is 10.4. The molecule has 2 aromatic carbocycles. The molecule has 118 valence electrons. The Labute approximate surface area is 142 Å². The van der Waals surface area contributed by atoms with Crippen molar-refractivity contribution < 1.29 is 0 Å². The maximum Gasteiger partial charge on any atom is 0.0106 e. The van der Waals surface area contributed by atoms with E-state index in [1.807, 2.05) is 23.5 Å². The second kappa shape index (κ2) is 11.6. The summed E-state index contributed by atoms with van der Waals surface area (Å²) in [6.45, 7) is 4.18. The van der Waals surface area contributed by atoms with Gasteiger partial charge in [-0.05, 0) is 24.3 Å². The average molecular weight is 333 g/mol. The third-order valence-electron chi connectivity index (χ3n) is 3.06. The minimum Gasteiger partial charge on any atom is -0.315 e. The monoisotopic (exact) mass is 332 g/mol. The summed E-state index contributed by atoms with van der Waals surface area (Å²) in [5.41, 5.74) is 0. The van der Waals surface area contributed by atoms with Crippen LogP contribution in [0.2, 0.25) is 0 Å². The fourth-order valence-corrected chi connectivity index (χ4v) is 3.61. The molecule has 0 atom stereocenters. The van der Waals surface area contributed by atoms with Gasteiger partial charge in [-0.3, -0.25) is 0 Å². The standard InChI is InChI=1S/C18H24N2S2/c1-3-7-17(8-4-1)21-15-13-19-11-12-20-14-16-22-18-9-5-2-6-10-18/h1-10,19-20H,11-16H2. The van der Waals surface area contributed by atoms with Crippen LogP contribution >= 0.6 is 23.5 Å². The fraction of sp³-hybridized carbons (Fsp3) is 0.333. The first-order valence-corrected chi connectivity index (χ1v) is 9.69. The van der Waals surface area contributed by atoms with Gasteiger partial charge in [0.15, 0.2) is 0 Å². The van der Waals surface area contributed by atoms with E-state index < -0.39 is 0 Å². The van der Waals surface area contributed by atoms with Crippen LogP contribution in [0, 0.1) is 0 Å². The highest BCUT2D eigenvalue weighted by Crippen LogP contribution is 2.16. The Bertz CT molecular complexity index is 443. The van der Waals surface area contributed by atoms with Crippen LogP contribution in [0.15, 0.2) is 70.5 Å². The van der Waals surface area contributed by atoms with E-state index >= 15 is 0 Å². The van der Waals surface area contributed by atoms with Gasteiger partial charge >= 0.3 is 0 Å². The van der Waals surface area contributed by atoms with Crippen molar-refractivity contribution in [3.05, 3.63) is 60.7 Å². The molecular weight excluding hydrogens is 308 g/mol. The van der Waals surface area contributed by atoms with Crippen LogP contribution in [0.4, 0.5) is 0 Å². The number of hydrogen-bond acceptors (Lipinski definition) is 4. The van der Waals surface area contributed by atoms with E-state index in [1.165, 1.54) is 9.79 Å². The Morgan fingerprint density at radius 1 is 0.545 bits per heavy atom. The van der Waals surface area contributed by atoms with Gasteiger partial charge in [0.1, 0.15) is 0 Å². The molecule has 2 nitrogen and oxygen atoms in total. The van der Waals surface area contributed by atoms with Crippen LogP contribution in [0.3, 0.4) is 0 Å². The summed E-state index contributed by atoms with van der Waals surface area (Å²) in [6, 6.07) is 21.1. The molecule has 2 N–H and O–H groups in total. The molecule has 0 heterocycles. The second-order valence-electron chi connectivity index (χ2n) is 4.82. The lowest BCUT2D eigenvalue weighted by Crippen LogP contribution is -2.29. The lowest BCUT2D eigenvalue weighted by Gasteiger charge is -2.07. The summed E-state index contributed by atoms with van der Waals surface area (Å²) in [6.07, 6.45) is 0. The van der Waals surface area contributed by atoms with Crippen molar-refractivity contribution in [3.8, 4) is 0 Å².